The Kier molecular flexibility index (Phi) is 7.73. The summed E-state index contributed by atoms with van der Waals surface area (Å²) < 4.78 is 16.1. The van der Waals surface area contributed by atoms with Gasteiger partial charge in [0.25, 0.3) is 11.8 Å². The highest BCUT2D eigenvalue weighted by molar-refractivity contribution is 6.30. The second kappa shape index (κ2) is 10.9. The normalized spacial score (nSPS) is 10.1. The van der Waals surface area contributed by atoms with E-state index in [0.29, 0.717) is 33.6 Å². The third-order valence-corrected chi connectivity index (χ3v) is 4.29. The van der Waals surface area contributed by atoms with Crippen molar-refractivity contribution in [2.45, 2.75) is 0 Å². The number of halogens is 1. The molecule has 7 nitrogen and oxygen atoms in total. The van der Waals surface area contributed by atoms with E-state index in [1.807, 2.05) is 6.07 Å². The van der Waals surface area contributed by atoms with Crippen LogP contribution in [0.1, 0.15) is 0 Å². The number of hydrogen-bond donors (Lipinski definition) is 2. The van der Waals surface area contributed by atoms with Gasteiger partial charge in [-0.2, -0.15) is 0 Å². The molecule has 0 aliphatic carbocycles. The van der Waals surface area contributed by atoms with Crippen LogP contribution in [0.3, 0.4) is 0 Å². The highest BCUT2D eigenvalue weighted by Gasteiger charge is 2.09. The van der Waals surface area contributed by atoms with E-state index in [4.69, 9.17) is 25.8 Å². The monoisotopic (exact) mass is 440 g/mol. The van der Waals surface area contributed by atoms with E-state index in [9.17, 15) is 9.59 Å². The van der Waals surface area contributed by atoms with Crippen LogP contribution in [0.25, 0.3) is 0 Å². The largest absolute Gasteiger partial charge is 0.493 e. The van der Waals surface area contributed by atoms with Gasteiger partial charge in [0.1, 0.15) is 5.75 Å². The Bertz CT molecular complexity index is 1040. The average Bonchev–Trinajstić information content (AvgIpc) is 2.78. The number of carbonyl (C=O) groups excluding carboxylic acids is 2. The lowest BCUT2D eigenvalue weighted by Gasteiger charge is -2.11. The number of nitrogens with one attached hydrogen (secondary N) is 2. The quantitative estimate of drug-likeness (QED) is 0.515. The van der Waals surface area contributed by atoms with Crippen molar-refractivity contribution in [2.24, 2.45) is 0 Å². The van der Waals surface area contributed by atoms with E-state index in [-0.39, 0.29) is 25.0 Å². The van der Waals surface area contributed by atoms with E-state index in [1.165, 1.54) is 7.11 Å². The molecule has 3 rings (SSSR count). The predicted octanol–water partition coefficient (Wildman–Crippen LogP) is 4.38. The molecule has 0 heterocycles. The summed E-state index contributed by atoms with van der Waals surface area (Å²) >= 11 is 5.82. The lowest BCUT2D eigenvalue weighted by molar-refractivity contribution is -0.118. The van der Waals surface area contributed by atoms with Crippen LogP contribution in [0.5, 0.6) is 17.2 Å². The fraction of sp³-hybridized carbons (Fsp3) is 0.130. The van der Waals surface area contributed by atoms with Crippen LogP contribution in [-0.4, -0.2) is 32.1 Å². The van der Waals surface area contributed by atoms with E-state index < -0.39 is 0 Å². The second-order valence-corrected chi connectivity index (χ2v) is 6.80. The summed E-state index contributed by atoms with van der Waals surface area (Å²) in [6.45, 7) is -0.350. The van der Waals surface area contributed by atoms with Crippen molar-refractivity contribution in [1.29, 1.82) is 0 Å². The fourth-order valence-corrected chi connectivity index (χ4v) is 2.76. The number of anilines is 2. The molecule has 0 unspecified atom stereocenters. The van der Waals surface area contributed by atoms with Crippen LogP contribution >= 0.6 is 11.6 Å². The maximum Gasteiger partial charge on any atom is 0.262 e. The molecule has 0 saturated carbocycles. The molecule has 2 N–H and O–H groups in total. The minimum atomic E-state index is -0.347. The molecule has 0 bridgehead atoms. The Morgan fingerprint density at radius 3 is 1.97 bits per heavy atom. The molecule has 31 heavy (non-hydrogen) atoms. The fourth-order valence-electron chi connectivity index (χ4n) is 2.63. The number of carbonyl (C=O) groups is 2. The number of amides is 2. The molecule has 3 aromatic rings. The molecule has 0 aromatic heterocycles. The minimum absolute atomic E-state index is 0.162. The first-order valence-electron chi connectivity index (χ1n) is 9.37. The highest BCUT2D eigenvalue weighted by Crippen LogP contribution is 2.25. The standard InChI is InChI=1S/C23H21ClN2O5/c1-29-20-7-2-3-8-21(20)31-15-23(28)26-18-6-4-5-17(13-18)25-22(27)14-30-19-11-9-16(24)10-12-19/h2-13H,14-15H2,1H3,(H,25,27)(H,26,28). The Balaban J connectivity index is 1.49. The first-order chi connectivity index (χ1) is 15.0. The van der Waals surface area contributed by atoms with Gasteiger partial charge in [-0.15, -0.1) is 0 Å². The number of ether oxygens (including phenoxy) is 3. The highest BCUT2D eigenvalue weighted by atomic mass is 35.5. The lowest BCUT2D eigenvalue weighted by atomic mass is 10.2. The number of benzene rings is 3. The van der Waals surface area contributed by atoms with Gasteiger partial charge in [-0.05, 0) is 54.6 Å². The van der Waals surface area contributed by atoms with Crippen LogP contribution in [0, 0.1) is 0 Å². The van der Waals surface area contributed by atoms with Crippen LogP contribution < -0.4 is 24.8 Å². The summed E-state index contributed by atoms with van der Waals surface area (Å²) in [6.07, 6.45) is 0. The van der Waals surface area contributed by atoms with Gasteiger partial charge in [0, 0.05) is 16.4 Å². The molecule has 8 heteroatoms. The van der Waals surface area contributed by atoms with Crippen LogP contribution in [0.4, 0.5) is 11.4 Å². The Morgan fingerprint density at radius 2 is 1.35 bits per heavy atom. The number of rotatable bonds is 9. The van der Waals surface area contributed by atoms with Crippen molar-refractivity contribution in [3.63, 3.8) is 0 Å². The average molecular weight is 441 g/mol. The number of hydrogen-bond acceptors (Lipinski definition) is 5. The van der Waals surface area contributed by atoms with Gasteiger partial charge in [0.05, 0.1) is 7.11 Å². The summed E-state index contributed by atoms with van der Waals surface area (Å²) in [5.41, 5.74) is 1.04. The molecule has 3 aromatic carbocycles. The minimum Gasteiger partial charge on any atom is -0.493 e. The Morgan fingerprint density at radius 1 is 0.774 bits per heavy atom. The third kappa shape index (κ3) is 6.94. The summed E-state index contributed by atoms with van der Waals surface area (Å²) in [7, 11) is 1.53. The molecule has 0 aliphatic rings. The maximum atomic E-state index is 12.2. The van der Waals surface area contributed by atoms with E-state index in [0.717, 1.165) is 0 Å². The first-order valence-corrected chi connectivity index (χ1v) is 9.75. The molecule has 0 aliphatic heterocycles. The smallest absolute Gasteiger partial charge is 0.262 e. The van der Waals surface area contributed by atoms with Gasteiger partial charge in [-0.25, -0.2) is 0 Å². The van der Waals surface area contributed by atoms with E-state index in [1.54, 1.807) is 66.7 Å². The summed E-state index contributed by atoms with van der Waals surface area (Å²) in [6, 6.07) is 20.6. The predicted molar refractivity (Wildman–Crippen MR) is 119 cm³/mol. The number of methoxy groups -OCH3 is 1. The third-order valence-electron chi connectivity index (χ3n) is 4.04. The van der Waals surface area contributed by atoms with E-state index >= 15 is 0 Å². The molecular formula is C23H21ClN2O5. The molecule has 160 valence electrons. The first kappa shape index (κ1) is 22.0. The van der Waals surface area contributed by atoms with Crippen molar-refractivity contribution in [3.05, 3.63) is 77.8 Å². The van der Waals surface area contributed by atoms with Gasteiger partial charge in [-0.1, -0.05) is 29.8 Å². The zero-order chi connectivity index (χ0) is 22.1. The summed E-state index contributed by atoms with van der Waals surface area (Å²) in [4.78, 5) is 24.3. The van der Waals surface area contributed by atoms with Gasteiger partial charge < -0.3 is 24.8 Å². The van der Waals surface area contributed by atoms with Crippen LogP contribution in [-0.2, 0) is 9.59 Å². The Labute approximate surface area is 184 Å². The second-order valence-electron chi connectivity index (χ2n) is 6.36. The molecule has 0 saturated heterocycles. The van der Waals surface area contributed by atoms with Gasteiger partial charge in [0.15, 0.2) is 24.7 Å². The molecular weight excluding hydrogens is 420 g/mol. The summed E-state index contributed by atoms with van der Waals surface area (Å²) in [5.74, 6) is 0.872. The van der Waals surface area contributed by atoms with E-state index in [2.05, 4.69) is 10.6 Å². The zero-order valence-corrected chi connectivity index (χ0v) is 17.5. The zero-order valence-electron chi connectivity index (χ0n) is 16.8. The van der Waals surface area contributed by atoms with Gasteiger partial charge >= 0.3 is 0 Å². The molecule has 0 radical (unpaired) electrons. The molecule has 0 fully saturated rings. The SMILES string of the molecule is COc1ccccc1OCC(=O)Nc1cccc(NC(=O)COc2ccc(Cl)cc2)c1. The Hall–Kier alpha value is -3.71. The van der Waals surface area contributed by atoms with Gasteiger partial charge in [0.2, 0.25) is 0 Å². The van der Waals surface area contributed by atoms with Crippen LogP contribution in [0.2, 0.25) is 5.02 Å². The van der Waals surface area contributed by atoms with Gasteiger partial charge in [-0.3, -0.25) is 9.59 Å². The maximum absolute atomic E-state index is 12.2. The number of para-hydroxylation sites is 2. The molecule has 2 amide bonds. The lowest BCUT2D eigenvalue weighted by Crippen LogP contribution is -2.21. The summed E-state index contributed by atoms with van der Waals surface area (Å²) in [5, 5.41) is 6.03. The van der Waals surface area contributed by atoms with Crippen molar-refractivity contribution >= 4 is 34.8 Å². The molecule has 0 spiro atoms. The van der Waals surface area contributed by atoms with Crippen LogP contribution in [0.15, 0.2) is 72.8 Å². The van der Waals surface area contributed by atoms with Crippen molar-refractivity contribution < 1.29 is 23.8 Å². The van der Waals surface area contributed by atoms with Crippen molar-refractivity contribution in [3.8, 4) is 17.2 Å². The molecule has 0 atom stereocenters. The van der Waals surface area contributed by atoms with Crippen molar-refractivity contribution in [2.75, 3.05) is 31.0 Å². The van der Waals surface area contributed by atoms with Crippen molar-refractivity contribution in [1.82, 2.24) is 0 Å². The topological polar surface area (TPSA) is 85.9 Å².